The first-order chi connectivity index (χ1) is 11.1. The summed E-state index contributed by atoms with van der Waals surface area (Å²) in [5.41, 5.74) is 0.923. The van der Waals surface area contributed by atoms with Gasteiger partial charge in [0.15, 0.2) is 0 Å². The Labute approximate surface area is 140 Å². The van der Waals surface area contributed by atoms with Crippen LogP contribution in [-0.2, 0) is 9.59 Å². The van der Waals surface area contributed by atoms with Crippen LogP contribution in [0.4, 0.5) is 5.69 Å². The van der Waals surface area contributed by atoms with Crippen molar-refractivity contribution in [1.29, 1.82) is 0 Å². The summed E-state index contributed by atoms with van der Waals surface area (Å²) in [6.45, 7) is 0.888. The monoisotopic (exact) mass is 334 g/mol. The minimum atomic E-state index is -0.277. The first-order valence-electron chi connectivity index (χ1n) is 7.68. The van der Waals surface area contributed by atoms with Crippen LogP contribution in [0.1, 0.15) is 12.8 Å². The summed E-state index contributed by atoms with van der Waals surface area (Å²) in [4.78, 5) is 26.1. The third-order valence-corrected chi connectivity index (χ3v) is 4.72. The fraction of sp³-hybridized carbons (Fsp3) is 0.412. The molecule has 1 aromatic carbocycles. The maximum absolute atomic E-state index is 12.4. The second-order valence-corrected chi connectivity index (χ2v) is 6.27. The van der Waals surface area contributed by atoms with E-state index in [9.17, 15) is 9.59 Å². The highest BCUT2D eigenvalue weighted by Gasteiger charge is 2.47. The number of nitrogens with one attached hydrogen (secondary N) is 1. The molecule has 0 spiro atoms. The number of halogens is 1. The number of likely N-dealkylation sites (tertiary alicyclic amines) is 1. The van der Waals surface area contributed by atoms with Crippen molar-refractivity contribution < 1.29 is 14.3 Å². The number of anilines is 1. The van der Waals surface area contributed by atoms with Crippen molar-refractivity contribution in [2.24, 2.45) is 11.8 Å². The van der Waals surface area contributed by atoms with E-state index in [1.54, 1.807) is 7.11 Å². The van der Waals surface area contributed by atoms with Crippen molar-refractivity contribution in [3.05, 3.63) is 35.4 Å². The summed E-state index contributed by atoms with van der Waals surface area (Å²) >= 11 is 6.01. The number of amides is 2. The molecule has 1 aromatic rings. The smallest absolute Gasteiger partial charge is 0.233 e. The van der Waals surface area contributed by atoms with Gasteiger partial charge in [-0.25, -0.2) is 0 Å². The van der Waals surface area contributed by atoms with Crippen molar-refractivity contribution in [2.45, 2.75) is 12.8 Å². The quantitative estimate of drug-likeness (QED) is 0.841. The largest absolute Gasteiger partial charge is 0.497 e. The Bertz CT molecular complexity index is 642. The van der Waals surface area contributed by atoms with Gasteiger partial charge >= 0.3 is 0 Å². The number of carbonyl (C=O) groups excluding carboxylic acids is 2. The molecule has 23 heavy (non-hydrogen) atoms. The molecule has 1 heterocycles. The highest BCUT2D eigenvalue weighted by atomic mass is 35.5. The fourth-order valence-corrected chi connectivity index (χ4v) is 3.39. The number of hydrogen-bond donors (Lipinski definition) is 1. The van der Waals surface area contributed by atoms with Gasteiger partial charge in [-0.2, -0.15) is 0 Å². The molecule has 0 aromatic heterocycles. The molecule has 2 amide bonds. The molecule has 3 rings (SSSR count). The lowest BCUT2D eigenvalue weighted by molar-refractivity contribution is -0.139. The van der Waals surface area contributed by atoms with E-state index in [1.807, 2.05) is 30.3 Å². The molecule has 1 aliphatic heterocycles. The Hall–Kier alpha value is -2.01. The summed E-state index contributed by atoms with van der Waals surface area (Å²) in [6, 6.07) is 7.51. The molecule has 0 bridgehead atoms. The maximum Gasteiger partial charge on any atom is 0.233 e. The lowest BCUT2D eigenvalue weighted by atomic mass is 9.85. The zero-order valence-corrected chi connectivity index (χ0v) is 13.7. The lowest BCUT2D eigenvalue weighted by Gasteiger charge is -2.17. The first-order valence-corrected chi connectivity index (χ1v) is 8.05. The Morgan fingerprint density at radius 1 is 1.22 bits per heavy atom. The van der Waals surface area contributed by atoms with Crippen LogP contribution in [0.15, 0.2) is 35.4 Å². The molecular weight excluding hydrogens is 316 g/mol. The van der Waals surface area contributed by atoms with Gasteiger partial charge in [0.05, 0.1) is 18.9 Å². The van der Waals surface area contributed by atoms with Gasteiger partial charge in [-0.15, -0.1) is 0 Å². The summed E-state index contributed by atoms with van der Waals surface area (Å²) in [5.74, 6) is 0.112. The predicted molar refractivity (Wildman–Crippen MR) is 88.4 cm³/mol. The molecule has 122 valence electrons. The Balaban J connectivity index is 1.56. The molecule has 0 radical (unpaired) electrons. The van der Waals surface area contributed by atoms with Crippen molar-refractivity contribution in [3.63, 3.8) is 0 Å². The highest BCUT2D eigenvalue weighted by molar-refractivity contribution is 6.30. The molecular formula is C17H19ClN2O3. The zero-order valence-electron chi connectivity index (χ0n) is 12.9. The third-order valence-electron chi connectivity index (χ3n) is 4.41. The Kier molecular flexibility index (Phi) is 4.57. The van der Waals surface area contributed by atoms with Crippen LogP contribution in [0.3, 0.4) is 0 Å². The van der Waals surface area contributed by atoms with Crippen LogP contribution in [0.25, 0.3) is 0 Å². The Morgan fingerprint density at radius 2 is 1.91 bits per heavy atom. The van der Waals surface area contributed by atoms with Gasteiger partial charge in [0.2, 0.25) is 11.8 Å². The van der Waals surface area contributed by atoms with Crippen LogP contribution >= 0.6 is 11.6 Å². The predicted octanol–water partition coefficient (Wildman–Crippen LogP) is 2.62. The first kappa shape index (κ1) is 15.9. The molecule has 6 heteroatoms. The number of benzene rings is 1. The summed E-state index contributed by atoms with van der Waals surface area (Å²) in [7, 11) is 1.62. The minimum absolute atomic E-state index is 0.0723. The van der Waals surface area contributed by atoms with Crippen LogP contribution in [0, 0.1) is 11.8 Å². The van der Waals surface area contributed by atoms with E-state index in [-0.39, 0.29) is 23.7 Å². The van der Waals surface area contributed by atoms with Gasteiger partial charge in [0.25, 0.3) is 0 Å². The normalized spacial score (nSPS) is 23.6. The summed E-state index contributed by atoms with van der Waals surface area (Å²) in [6.07, 6.45) is 2.91. The van der Waals surface area contributed by atoms with Crippen LogP contribution < -0.4 is 10.1 Å². The van der Waals surface area contributed by atoms with E-state index >= 15 is 0 Å². The van der Waals surface area contributed by atoms with E-state index < -0.39 is 0 Å². The second kappa shape index (κ2) is 6.62. The lowest BCUT2D eigenvalue weighted by Crippen LogP contribution is -2.35. The van der Waals surface area contributed by atoms with E-state index in [0.29, 0.717) is 31.0 Å². The van der Waals surface area contributed by atoms with Crippen molar-refractivity contribution in [3.8, 4) is 5.75 Å². The number of imide groups is 1. The van der Waals surface area contributed by atoms with E-state index in [1.165, 1.54) is 4.90 Å². The summed E-state index contributed by atoms with van der Waals surface area (Å²) in [5, 5.41) is 3.90. The zero-order chi connectivity index (χ0) is 16.4. The van der Waals surface area contributed by atoms with Gasteiger partial charge in [-0.05, 0) is 37.1 Å². The number of carbonyl (C=O) groups is 2. The van der Waals surface area contributed by atoms with E-state index in [4.69, 9.17) is 16.3 Å². The molecule has 1 aliphatic carbocycles. The van der Waals surface area contributed by atoms with Crippen LogP contribution in [0.5, 0.6) is 5.75 Å². The van der Waals surface area contributed by atoms with Gasteiger partial charge in [-0.3, -0.25) is 14.5 Å². The average Bonchev–Trinajstić information content (AvgIpc) is 2.80. The number of ether oxygens (including phenoxy) is 1. The fourth-order valence-electron chi connectivity index (χ4n) is 3.14. The maximum atomic E-state index is 12.4. The topological polar surface area (TPSA) is 58.6 Å². The molecule has 2 atom stereocenters. The number of hydrogen-bond acceptors (Lipinski definition) is 4. The standard InChI is InChI=1S/C17H19ClN2O3/c1-23-13-5-3-12(4-6-13)19-8-9-20-16(21)14-7-2-11(18)10-15(14)17(20)22/h2-6,14-15,19H,7-10H2,1H3/t14-,15+/m1/s1. The molecule has 1 saturated heterocycles. The average molecular weight is 335 g/mol. The second-order valence-electron chi connectivity index (χ2n) is 5.79. The van der Waals surface area contributed by atoms with Gasteiger partial charge in [0.1, 0.15) is 5.75 Å². The molecule has 1 N–H and O–H groups in total. The van der Waals surface area contributed by atoms with Crippen molar-refractivity contribution in [2.75, 3.05) is 25.5 Å². The van der Waals surface area contributed by atoms with E-state index in [0.717, 1.165) is 11.4 Å². The van der Waals surface area contributed by atoms with Crippen LogP contribution in [0.2, 0.25) is 0 Å². The van der Waals surface area contributed by atoms with Gasteiger partial charge < -0.3 is 10.1 Å². The third kappa shape index (κ3) is 3.20. The molecule has 1 fully saturated rings. The number of nitrogens with zero attached hydrogens (tertiary/aromatic N) is 1. The van der Waals surface area contributed by atoms with Crippen molar-refractivity contribution in [1.82, 2.24) is 4.90 Å². The van der Waals surface area contributed by atoms with Gasteiger partial charge in [-0.1, -0.05) is 17.7 Å². The number of methoxy groups -OCH3 is 1. The summed E-state index contributed by atoms with van der Waals surface area (Å²) < 4.78 is 5.10. The SMILES string of the molecule is COc1ccc(NCCN2C(=O)[C@H]3CC(Cl)=CC[C@H]3C2=O)cc1. The van der Waals surface area contributed by atoms with Gasteiger partial charge in [0, 0.05) is 23.8 Å². The van der Waals surface area contributed by atoms with Crippen molar-refractivity contribution >= 4 is 29.1 Å². The molecule has 5 nitrogen and oxygen atoms in total. The highest BCUT2D eigenvalue weighted by Crippen LogP contribution is 2.38. The molecule has 0 saturated carbocycles. The number of allylic oxidation sites excluding steroid dienone is 2. The number of rotatable bonds is 5. The van der Waals surface area contributed by atoms with Crippen LogP contribution in [-0.4, -0.2) is 36.9 Å². The number of fused-ring (bicyclic) bond motifs is 1. The Morgan fingerprint density at radius 3 is 2.61 bits per heavy atom. The molecule has 2 aliphatic rings. The van der Waals surface area contributed by atoms with E-state index in [2.05, 4.69) is 5.32 Å². The minimum Gasteiger partial charge on any atom is -0.497 e. The molecule has 0 unspecified atom stereocenters.